The molecule has 2 atom stereocenters. The van der Waals surface area contributed by atoms with Crippen molar-refractivity contribution >= 4 is 17.4 Å². The summed E-state index contributed by atoms with van der Waals surface area (Å²) in [4.78, 5) is 12.6. The monoisotopic (exact) mass is 294 g/mol. The minimum absolute atomic E-state index is 0.318. The van der Waals surface area contributed by atoms with E-state index in [4.69, 9.17) is 11.6 Å². The summed E-state index contributed by atoms with van der Waals surface area (Å²) in [6, 6.07) is 0. The van der Waals surface area contributed by atoms with Crippen molar-refractivity contribution in [3.8, 4) is 0 Å². The Bertz CT molecular complexity index is 511. The van der Waals surface area contributed by atoms with E-state index < -0.39 is 0 Å². The van der Waals surface area contributed by atoms with Gasteiger partial charge in [0.15, 0.2) is 0 Å². The number of aryl methyl sites for hydroxylation is 2. The number of Topliss-reactive ketones (excluding diaryl/α,β-unsaturated/α-hetero) is 1. The minimum atomic E-state index is 0.318. The average Bonchev–Trinajstić information content (AvgIpc) is 3.12. The Kier molecular flexibility index (Phi) is 3.89. The molecule has 2 unspecified atom stereocenters. The Morgan fingerprint density at radius 2 is 1.95 bits per heavy atom. The van der Waals surface area contributed by atoms with Gasteiger partial charge in [-0.2, -0.15) is 5.10 Å². The second kappa shape index (κ2) is 5.51. The smallest absolute Gasteiger partial charge is 0.142 e. The van der Waals surface area contributed by atoms with Crippen LogP contribution in [-0.4, -0.2) is 15.6 Å². The molecule has 3 nitrogen and oxygen atoms in total. The second-order valence-electron chi connectivity index (χ2n) is 6.16. The van der Waals surface area contributed by atoms with E-state index >= 15 is 0 Å². The van der Waals surface area contributed by atoms with Crippen LogP contribution in [0.15, 0.2) is 0 Å². The topological polar surface area (TPSA) is 34.9 Å². The van der Waals surface area contributed by atoms with Crippen molar-refractivity contribution in [2.75, 3.05) is 0 Å². The van der Waals surface area contributed by atoms with E-state index in [9.17, 15) is 4.79 Å². The molecule has 0 aromatic carbocycles. The first-order chi connectivity index (χ1) is 9.67. The van der Waals surface area contributed by atoms with Crippen LogP contribution in [0.1, 0.15) is 50.9 Å². The molecule has 0 bridgehead atoms. The van der Waals surface area contributed by atoms with Gasteiger partial charge >= 0.3 is 0 Å². The standard InChI is InChI=1S/C16H23ClN2O/c1-3-12-16(17)13(19(4-2)18-12)9-14(20)15-10-7-5-6-8-11(10)15/h10-11,15H,3-9H2,1-2H3. The van der Waals surface area contributed by atoms with E-state index in [1.54, 1.807) is 0 Å². The molecule has 4 heteroatoms. The van der Waals surface area contributed by atoms with Gasteiger partial charge in [0.1, 0.15) is 5.78 Å². The molecule has 0 N–H and O–H groups in total. The van der Waals surface area contributed by atoms with E-state index in [-0.39, 0.29) is 0 Å². The molecule has 20 heavy (non-hydrogen) atoms. The number of hydrogen-bond acceptors (Lipinski definition) is 2. The van der Waals surface area contributed by atoms with Crippen molar-refractivity contribution in [2.45, 2.75) is 58.9 Å². The van der Waals surface area contributed by atoms with Gasteiger partial charge in [-0.15, -0.1) is 0 Å². The molecule has 0 spiro atoms. The lowest BCUT2D eigenvalue weighted by molar-refractivity contribution is -0.120. The Balaban J connectivity index is 1.74. The van der Waals surface area contributed by atoms with E-state index in [0.717, 1.165) is 24.4 Å². The first-order valence-corrected chi connectivity index (χ1v) is 8.31. The Labute approximate surface area is 125 Å². The highest BCUT2D eigenvalue weighted by molar-refractivity contribution is 6.32. The van der Waals surface area contributed by atoms with Crippen molar-refractivity contribution in [1.82, 2.24) is 9.78 Å². The van der Waals surface area contributed by atoms with Crippen molar-refractivity contribution in [1.29, 1.82) is 0 Å². The van der Waals surface area contributed by atoms with Crippen LogP contribution in [0, 0.1) is 17.8 Å². The van der Waals surface area contributed by atoms with Gasteiger partial charge in [0.25, 0.3) is 0 Å². The van der Waals surface area contributed by atoms with Gasteiger partial charge in [-0.25, -0.2) is 0 Å². The summed E-state index contributed by atoms with van der Waals surface area (Å²) in [6.07, 6.45) is 6.40. The number of hydrogen-bond donors (Lipinski definition) is 0. The molecular formula is C16H23ClN2O. The van der Waals surface area contributed by atoms with Crippen LogP contribution in [0.5, 0.6) is 0 Å². The highest BCUT2D eigenvalue weighted by atomic mass is 35.5. The van der Waals surface area contributed by atoms with E-state index in [1.165, 1.54) is 25.7 Å². The summed E-state index contributed by atoms with van der Waals surface area (Å²) < 4.78 is 1.91. The SMILES string of the molecule is CCc1nn(CC)c(CC(=O)C2C3CCCCC32)c1Cl. The zero-order valence-corrected chi connectivity index (χ0v) is 13.1. The number of fused-ring (bicyclic) bond motifs is 1. The number of nitrogens with zero attached hydrogens (tertiary/aromatic N) is 2. The highest BCUT2D eigenvalue weighted by Crippen LogP contribution is 2.56. The lowest BCUT2D eigenvalue weighted by Gasteiger charge is -2.04. The van der Waals surface area contributed by atoms with Crippen LogP contribution in [0.2, 0.25) is 5.02 Å². The molecular weight excluding hydrogens is 272 g/mol. The van der Waals surface area contributed by atoms with Crippen LogP contribution in [-0.2, 0) is 24.2 Å². The lowest BCUT2D eigenvalue weighted by Crippen LogP contribution is -2.12. The molecule has 110 valence electrons. The molecule has 1 heterocycles. The molecule has 3 rings (SSSR count). The van der Waals surface area contributed by atoms with Crippen LogP contribution >= 0.6 is 11.6 Å². The van der Waals surface area contributed by atoms with Crippen molar-refractivity contribution in [2.24, 2.45) is 17.8 Å². The van der Waals surface area contributed by atoms with Gasteiger partial charge in [-0.3, -0.25) is 9.48 Å². The van der Waals surface area contributed by atoms with Gasteiger partial charge in [0.05, 0.1) is 22.8 Å². The van der Waals surface area contributed by atoms with E-state index in [1.807, 2.05) is 11.6 Å². The van der Waals surface area contributed by atoms with Crippen molar-refractivity contribution < 1.29 is 4.79 Å². The van der Waals surface area contributed by atoms with Crippen LogP contribution in [0.3, 0.4) is 0 Å². The zero-order valence-electron chi connectivity index (χ0n) is 12.4. The predicted molar refractivity (Wildman–Crippen MR) is 79.9 cm³/mol. The molecule has 1 aromatic heterocycles. The predicted octanol–water partition coefficient (Wildman–Crippen LogP) is 3.67. The first kappa shape index (κ1) is 14.1. The van der Waals surface area contributed by atoms with Crippen LogP contribution in [0.25, 0.3) is 0 Å². The number of aromatic nitrogens is 2. The summed E-state index contributed by atoms with van der Waals surface area (Å²) in [6.45, 7) is 4.88. The van der Waals surface area contributed by atoms with E-state index in [0.29, 0.717) is 35.0 Å². The fraction of sp³-hybridized carbons (Fsp3) is 0.750. The molecule has 2 saturated carbocycles. The molecule has 0 saturated heterocycles. The third kappa shape index (κ3) is 2.30. The first-order valence-electron chi connectivity index (χ1n) is 7.94. The van der Waals surface area contributed by atoms with Crippen LogP contribution < -0.4 is 0 Å². The summed E-state index contributed by atoms with van der Waals surface area (Å²) in [5.41, 5.74) is 1.85. The molecule has 0 radical (unpaired) electrons. The summed E-state index contributed by atoms with van der Waals surface area (Å²) >= 11 is 6.39. The van der Waals surface area contributed by atoms with Gasteiger partial charge in [-0.1, -0.05) is 31.4 Å². The molecule has 2 aliphatic carbocycles. The molecule has 0 aliphatic heterocycles. The third-order valence-corrected chi connectivity index (χ3v) is 5.50. The summed E-state index contributed by atoms with van der Waals surface area (Å²) in [5.74, 6) is 2.07. The number of carbonyl (C=O) groups excluding carboxylic acids is 1. The quantitative estimate of drug-likeness (QED) is 0.830. The zero-order chi connectivity index (χ0) is 14.3. The summed E-state index contributed by atoms with van der Waals surface area (Å²) in [7, 11) is 0. The molecule has 2 aliphatic rings. The normalized spacial score (nSPS) is 28.2. The Hall–Kier alpha value is -0.830. The van der Waals surface area contributed by atoms with Gasteiger partial charge in [0.2, 0.25) is 0 Å². The maximum Gasteiger partial charge on any atom is 0.142 e. The minimum Gasteiger partial charge on any atom is -0.299 e. The van der Waals surface area contributed by atoms with Crippen LogP contribution in [0.4, 0.5) is 0 Å². The third-order valence-electron chi connectivity index (χ3n) is 5.06. The highest BCUT2D eigenvalue weighted by Gasteiger charge is 2.54. The lowest BCUT2D eigenvalue weighted by atomic mass is 10.0. The maximum absolute atomic E-state index is 12.6. The number of ketones is 1. The Morgan fingerprint density at radius 1 is 1.30 bits per heavy atom. The Morgan fingerprint density at radius 3 is 2.50 bits per heavy atom. The second-order valence-corrected chi connectivity index (χ2v) is 6.54. The fourth-order valence-corrected chi connectivity index (χ4v) is 4.27. The van der Waals surface area contributed by atoms with E-state index in [2.05, 4.69) is 12.0 Å². The largest absolute Gasteiger partial charge is 0.299 e. The summed E-state index contributed by atoms with van der Waals surface area (Å²) in [5, 5.41) is 5.22. The van der Waals surface area contributed by atoms with Crippen molar-refractivity contribution in [3.05, 3.63) is 16.4 Å². The van der Waals surface area contributed by atoms with Gasteiger partial charge < -0.3 is 0 Å². The average molecular weight is 295 g/mol. The van der Waals surface area contributed by atoms with Crippen molar-refractivity contribution in [3.63, 3.8) is 0 Å². The van der Waals surface area contributed by atoms with Gasteiger partial charge in [-0.05, 0) is 38.0 Å². The number of rotatable bonds is 5. The molecule has 2 fully saturated rings. The number of halogens is 1. The maximum atomic E-state index is 12.6. The molecule has 1 aromatic rings. The number of carbonyl (C=O) groups is 1. The molecule has 0 amide bonds. The fourth-order valence-electron chi connectivity index (χ4n) is 3.94. The van der Waals surface area contributed by atoms with Gasteiger partial charge in [0, 0.05) is 12.5 Å².